The number of thiophene rings is 1. The molecule has 0 spiro atoms. The lowest BCUT2D eigenvalue weighted by Gasteiger charge is -1.92. The zero-order valence-electron chi connectivity index (χ0n) is 8.40. The fraction of sp³-hybridized carbons (Fsp3) is 0.167. The standard InChI is InChI=1S/C12H9ClO2S/c13-12-8(4-6-10(12)15)3-5-9(14)11-2-1-7-16-11/h1-3,5,7H,4,6H2/b5-3+. The van der Waals surface area contributed by atoms with Crippen LogP contribution in [0.1, 0.15) is 22.5 Å². The molecule has 0 radical (unpaired) electrons. The molecule has 0 unspecified atom stereocenters. The SMILES string of the molecule is O=C1CCC(/C=C/C(=O)c2cccs2)=C1Cl. The van der Waals surface area contributed by atoms with Gasteiger partial charge in [-0.3, -0.25) is 9.59 Å². The number of ketones is 2. The maximum Gasteiger partial charge on any atom is 0.195 e. The third-order valence-corrected chi connectivity index (χ3v) is 3.69. The van der Waals surface area contributed by atoms with Crippen molar-refractivity contribution >= 4 is 34.5 Å². The molecule has 0 saturated heterocycles. The van der Waals surface area contributed by atoms with Gasteiger partial charge in [0.2, 0.25) is 0 Å². The molecule has 0 saturated carbocycles. The lowest BCUT2D eigenvalue weighted by Crippen LogP contribution is -1.90. The largest absolute Gasteiger partial charge is 0.293 e. The van der Waals surface area contributed by atoms with Gasteiger partial charge in [-0.05, 0) is 29.5 Å². The predicted octanol–water partition coefficient (Wildman–Crippen LogP) is 3.34. The van der Waals surface area contributed by atoms with Crippen LogP contribution in [0, 0.1) is 0 Å². The average Bonchev–Trinajstić information content (AvgIpc) is 2.89. The smallest absolute Gasteiger partial charge is 0.195 e. The Kier molecular flexibility index (Phi) is 3.36. The topological polar surface area (TPSA) is 34.1 Å². The Hall–Kier alpha value is -1.19. The Bertz CT molecular complexity index is 483. The Labute approximate surface area is 102 Å². The van der Waals surface area contributed by atoms with Gasteiger partial charge in [0.1, 0.15) is 0 Å². The first-order chi connectivity index (χ1) is 7.68. The summed E-state index contributed by atoms with van der Waals surface area (Å²) >= 11 is 7.21. The van der Waals surface area contributed by atoms with Crippen molar-refractivity contribution in [1.82, 2.24) is 0 Å². The van der Waals surface area contributed by atoms with E-state index in [1.807, 2.05) is 11.4 Å². The highest BCUT2D eigenvalue weighted by atomic mass is 35.5. The molecule has 1 aliphatic rings. The van der Waals surface area contributed by atoms with Gasteiger partial charge in [-0.25, -0.2) is 0 Å². The molecule has 1 aromatic rings. The Morgan fingerprint density at radius 1 is 1.44 bits per heavy atom. The molecule has 0 aliphatic heterocycles. The molecule has 0 aromatic carbocycles. The van der Waals surface area contributed by atoms with E-state index in [2.05, 4.69) is 0 Å². The van der Waals surface area contributed by atoms with Crippen LogP contribution in [0.5, 0.6) is 0 Å². The van der Waals surface area contributed by atoms with Crippen LogP contribution in [0.3, 0.4) is 0 Å². The van der Waals surface area contributed by atoms with Crippen molar-refractivity contribution in [2.24, 2.45) is 0 Å². The van der Waals surface area contributed by atoms with Gasteiger partial charge in [-0.15, -0.1) is 11.3 Å². The van der Waals surface area contributed by atoms with Crippen LogP contribution in [0.2, 0.25) is 0 Å². The minimum atomic E-state index is -0.0497. The van der Waals surface area contributed by atoms with Crippen LogP contribution >= 0.6 is 22.9 Å². The maximum absolute atomic E-state index is 11.6. The average molecular weight is 253 g/mol. The molecule has 2 nitrogen and oxygen atoms in total. The van der Waals surface area contributed by atoms with Crippen molar-refractivity contribution in [1.29, 1.82) is 0 Å². The number of hydrogen-bond acceptors (Lipinski definition) is 3. The first kappa shape index (κ1) is 11.3. The van der Waals surface area contributed by atoms with Gasteiger partial charge in [0.25, 0.3) is 0 Å². The molecule has 1 aliphatic carbocycles. The maximum atomic E-state index is 11.6. The quantitative estimate of drug-likeness (QED) is 0.611. The van der Waals surface area contributed by atoms with Gasteiger partial charge in [0, 0.05) is 6.42 Å². The van der Waals surface area contributed by atoms with Gasteiger partial charge >= 0.3 is 0 Å². The summed E-state index contributed by atoms with van der Waals surface area (Å²) in [6, 6.07) is 3.60. The Balaban J connectivity index is 2.11. The first-order valence-corrected chi connectivity index (χ1v) is 6.12. The number of rotatable bonds is 3. The summed E-state index contributed by atoms with van der Waals surface area (Å²) in [5.74, 6) is -0.0868. The van der Waals surface area contributed by atoms with Crippen LogP contribution in [-0.2, 0) is 4.79 Å². The van der Waals surface area contributed by atoms with Crippen molar-refractivity contribution in [3.05, 3.63) is 45.1 Å². The second-order valence-electron chi connectivity index (χ2n) is 3.44. The molecule has 82 valence electrons. The van der Waals surface area contributed by atoms with E-state index in [1.54, 1.807) is 12.1 Å². The molecule has 0 fully saturated rings. The fourth-order valence-electron chi connectivity index (χ4n) is 1.48. The summed E-state index contributed by atoms with van der Waals surface area (Å²) in [7, 11) is 0. The highest BCUT2D eigenvalue weighted by Gasteiger charge is 2.19. The zero-order valence-corrected chi connectivity index (χ0v) is 9.98. The van der Waals surface area contributed by atoms with E-state index in [1.165, 1.54) is 17.4 Å². The normalized spacial score (nSPS) is 16.4. The summed E-state index contributed by atoms with van der Waals surface area (Å²) in [5, 5.41) is 2.13. The van der Waals surface area contributed by atoms with Crippen molar-refractivity contribution in [3.63, 3.8) is 0 Å². The number of allylic oxidation sites excluding steroid dienone is 4. The van der Waals surface area contributed by atoms with Gasteiger partial charge in [-0.2, -0.15) is 0 Å². The lowest BCUT2D eigenvalue weighted by atomic mass is 10.2. The van der Waals surface area contributed by atoms with Crippen LogP contribution in [0.25, 0.3) is 0 Å². The predicted molar refractivity (Wildman–Crippen MR) is 64.9 cm³/mol. The minimum Gasteiger partial charge on any atom is -0.293 e. The summed E-state index contributed by atoms with van der Waals surface area (Å²) in [6.07, 6.45) is 4.20. The van der Waals surface area contributed by atoms with E-state index in [4.69, 9.17) is 11.6 Å². The molecule has 0 bridgehead atoms. The van der Waals surface area contributed by atoms with Gasteiger partial charge in [0.05, 0.1) is 9.91 Å². The number of carbonyl (C=O) groups is 2. The Morgan fingerprint density at radius 3 is 2.81 bits per heavy atom. The van der Waals surface area contributed by atoms with Gasteiger partial charge in [-0.1, -0.05) is 23.7 Å². The number of hydrogen-bond donors (Lipinski definition) is 0. The number of Topliss-reactive ketones (excluding diaryl/α,β-unsaturated/α-hetero) is 1. The Morgan fingerprint density at radius 2 is 2.25 bits per heavy atom. The van der Waals surface area contributed by atoms with Crippen molar-refractivity contribution in [2.75, 3.05) is 0 Å². The van der Waals surface area contributed by atoms with Crippen LogP contribution in [0.4, 0.5) is 0 Å². The van der Waals surface area contributed by atoms with Crippen LogP contribution in [0.15, 0.2) is 40.3 Å². The fourth-order valence-corrected chi connectivity index (χ4v) is 2.38. The van der Waals surface area contributed by atoms with Crippen molar-refractivity contribution in [3.8, 4) is 0 Å². The lowest BCUT2D eigenvalue weighted by molar-refractivity contribution is -0.114. The highest BCUT2D eigenvalue weighted by Crippen LogP contribution is 2.26. The molecule has 2 rings (SSSR count). The second-order valence-corrected chi connectivity index (χ2v) is 4.76. The molecular formula is C12H9ClO2S. The zero-order chi connectivity index (χ0) is 11.5. The van der Waals surface area contributed by atoms with E-state index in [0.717, 1.165) is 5.57 Å². The molecule has 0 N–H and O–H groups in total. The molecule has 4 heteroatoms. The molecule has 1 heterocycles. The second kappa shape index (κ2) is 4.76. The van der Waals surface area contributed by atoms with E-state index >= 15 is 0 Å². The summed E-state index contributed by atoms with van der Waals surface area (Å²) in [5.41, 5.74) is 0.761. The van der Waals surface area contributed by atoms with E-state index in [-0.39, 0.29) is 16.6 Å². The van der Waals surface area contributed by atoms with Crippen molar-refractivity contribution in [2.45, 2.75) is 12.8 Å². The third kappa shape index (κ3) is 2.31. The van der Waals surface area contributed by atoms with E-state index in [9.17, 15) is 9.59 Å². The highest BCUT2D eigenvalue weighted by molar-refractivity contribution is 7.12. The molecule has 0 atom stereocenters. The molecule has 1 aromatic heterocycles. The van der Waals surface area contributed by atoms with Crippen LogP contribution < -0.4 is 0 Å². The summed E-state index contributed by atoms with van der Waals surface area (Å²) in [4.78, 5) is 23.5. The van der Waals surface area contributed by atoms with E-state index < -0.39 is 0 Å². The molecule has 0 amide bonds. The molecular weight excluding hydrogens is 244 g/mol. The number of carbonyl (C=O) groups excluding carboxylic acids is 2. The summed E-state index contributed by atoms with van der Waals surface area (Å²) in [6.45, 7) is 0. The summed E-state index contributed by atoms with van der Waals surface area (Å²) < 4.78 is 0. The third-order valence-electron chi connectivity index (χ3n) is 2.35. The minimum absolute atomic E-state index is 0.0371. The van der Waals surface area contributed by atoms with Gasteiger partial charge < -0.3 is 0 Å². The number of halogens is 1. The first-order valence-electron chi connectivity index (χ1n) is 4.86. The van der Waals surface area contributed by atoms with Crippen molar-refractivity contribution < 1.29 is 9.59 Å². The van der Waals surface area contributed by atoms with E-state index in [0.29, 0.717) is 17.7 Å². The molecule has 16 heavy (non-hydrogen) atoms. The monoisotopic (exact) mass is 252 g/mol. The van der Waals surface area contributed by atoms with Gasteiger partial charge in [0.15, 0.2) is 11.6 Å². The van der Waals surface area contributed by atoms with Crippen LogP contribution in [-0.4, -0.2) is 11.6 Å².